The van der Waals surface area contributed by atoms with Gasteiger partial charge in [-0.05, 0) is 76.0 Å². The van der Waals surface area contributed by atoms with E-state index in [-0.39, 0.29) is 11.8 Å². The first-order valence-electron chi connectivity index (χ1n) is 11.2. The van der Waals surface area contributed by atoms with Crippen molar-refractivity contribution < 1.29 is 9.59 Å². The van der Waals surface area contributed by atoms with Crippen LogP contribution in [0.3, 0.4) is 0 Å². The molecule has 0 heterocycles. The first-order chi connectivity index (χ1) is 13.5. The van der Waals surface area contributed by atoms with Crippen LogP contribution in [0.15, 0.2) is 10.2 Å². The zero-order valence-corrected chi connectivity index (χ0v) is 17.8. The first-order valence-corrected chi connectivity index (χ1v) is 11.2. The van der Waals surface area contributed by atoms with Crippen LogP contribution in [0.1, 0.15) is 104 Å². The molecule has 6 nitrogen and oxygen atoms in total. The number of carbonyl (C=O) groups is 2. The van der Waals surface area contributed by atoms with Gasteiger partial charge in [0.15, 0.2) is 0 Å². The molecule has 0 atom stereocenters. The number of hydrazone groups is 2. The summed E-state index contributed by atoms with van der Waals surface area (Å²) < 4.78 is 0. The number of nitrogens with one attached hydrogen (secondary N) is 2. The maximum absolute atomic E-state index is 11.8. The number of unbranched alkanes of at least 4 members (excludes halogenated alkanes) is 3. The highest BCUT2D eigenvalue weighted by Crippen LogP contribution is 2.21. The molecule has 0 spiro atoms. The van der Waals surface area contributed by atoms with Crippen LogP contribution in [0.4, 0.5) is 0 Å². The van der Waals surface area contributed by atoms with E-state index in [9.17, 15) is 9.59 Å². The summed E-state index contributed by atoms with van der Waals surface area (Å²) in [6.45, 7) is 4.54. The third-order valence-corrected chi connectivity index (χ3v) is 5.94. The van der Waals surface area contributed by atoms with Crippen LogP contribution in [0.25, 0.3) is 0 Å². The Labute approximate surface area is 170 Å². The smallest absolute Gasteiger partial charge is 0.240 e. The van der Waals surface area contributed by atoms with Crippen molar-refractivity contribution in [1.29, 1.82) is 0 Å². The number of amides is 2. The molecule has 2 fully saturated rings. The highest BCUT2D eigenvalue weighted by atomic mass is 16.2. The van der Waals surface area contributed by atoms with Crippen molar-refractivity contribution in [3.63, 3.8) is 0 Å². The lowest BCUT2D eigenvalue weighted by molar-refractivity contribution is -0.122. The van der Waals surface area contributed by atoms with Gasteiger partial charge in [-0.2, -0.15) is 10.2 Å². The van der Waals surface area contributed by atoms with Crippen LogP contribution in [0, 0.1) is 11.8 Å². The topological polar surface area (TPSA) is 82.9 Å². The number of nitrogens with zero attached hydrogens (tertiary/aromatic N) is 2. The molecule has 0 radical (unpaired) electrons. The molecule has 0 bridgehead atoms. The predicted octanol–water partition coefficient (Wildman–Crippen LogP) is 4.69. The Morgan fingerprint density at radius 1 is 0.714 bits per heavy atom. The lowest BCUT2D eigenvalue weighted by atomic mass is 9.90. The van der Waals surface area contributed by atoms with E-state index < -0.39 is 0 Å². The lowest BCUT2D eigenvalue weighted by Gasteiger charge is -2.18. The van der Waals surface area contributed by atoms with Gasteiger partial charge < -0.3 is 0 Å². The van der Waals surface area contributed by atoms with Gasteiger partial charge in [0.05, 0.1) is 0 Å². The lowest BCUT2D eigenvalue weighted by Crippen LogP contribution is -2.21. The average Bonchev–Trinajstić information content (AvgIpc) is 2.69. The van der Waals surface area contributed by atoms with Gasteiger partial charge in [-0.1, -0.05) is 26.7 Å². The second-order valence-corrected chi connectivity index (χ2v) is 8.71. The molecule has 158 valence electrons. The molecule has 2 aliphatic rings. The van der Waals surface area contributed by atoms with Crippen molar-refractivity contribution in [3.8, 4) is 0 Å². The van der Waals surface area contributed by atoms with E-state index in [1.54, 1.807) is 0 Å². The molecule has 0 unspecified atom stereocenters. The average molecular weight is 391 g/mol. The van der Waals surface area contributed by atoms with Crippen molar-refractivity contribution in [3.05, 3.63) is 0 Å². The predicted molar refractivity (Wildman–Crippen MR) is 114 cm³/mol. The molecule has 0 aromatic rings. The fourth-order valence-electron chi connectivity index (χ4n) is 3.73. The summed E-state index contributed by atoms with van der Waals surface area (Å²) >= 11 is 0. The van der Waals surface area contributed by atoms with Crippen molar-refractivity contribution in [2.75, 3.05) is 0 Å². The summed E-state index contributed by atoms with van der Waals surface area (Å²) in [6.07, 6.45) is 13.3. The number of hydrogen-bond donors (Lipinski definition) is 2. The van der Waals surface area contributed by atoms with Crippen LogP contribution < -0.4 is 10.9 Å². The Morgan fingerprint density at radius 3 is 1.43 bits per heavy atom. The molecule has 2 N–H and O–H groups in total. The largest absolute Gasteiger partial charge is 0.273 e. The molecular formula is C22H38N4O2. The first kappa shape index (κ1) is 22.6. The Hall–Kier alpha value is -1.72. The molecule has 0 saturated heterocycles. The highest BCUT2D eigenvalue weighted by molar-refractivity contribution is 5.87. The second kappa shape index (κ2) is 12.7. The molecule has 0 aromatic heterocycles. The van der Waals surface area contributed by atoms with Crippen molar-refractivity contribution in [2.24, 2.45) is 22.0 Å². The van der Waals surface area contributed by atoms with Gasteiger partial charge in [-0.25, -0.2) is 10.9 Å². The van der Waals surface area contributed by atoms with Crippen LogP contribution in [-0.2, 0) is 9.59 Å². The monoisotopic (exact) mass is 390 g/mol. The Kier molecular flexibility index (Phi) is 10.2. The van der Waals surface area contributed by atoms with Gasteiger partial charge in [-0.15, -0.1) is 0 Å². The van der Waals surface area contributed by atoms with Gasteiger partial charge >= 0.3 is 0 Å². The Balaban J connectivity index is 1.45. The quantitative estimate of drug-likeness (QED) is 0.442. The van der Waals surface area contributed by atoms with Crippen LogP contribution in [-0.4, -0.2) is 23.2 Å². The standard InChI is InChI=1S/C22H38N4O2/c1-17-9-13-19(14-10-17)23-25-21(27)7-5-3-4-6-8-22(28)26-24-20-15-11-18(2)12-16-20/h17-18H,3-16H2,1-2H3,(H,25,27)(H,26,28). The van der Waals surface area contributed by atoms with Gasteiger partial charge in [0.1, 0.15) is 0 Å². The number of carbonyl (C=O) groups excluding carboxylic acids is 2. The van der Waals surface area contributed by atoms with E-state index >= 15 is 0 Å². The van der Waals surface area contributed by atoms with Crippen LogP contribution in [0.5, 0.6) is 0 Å². The molecular weight excluding hydrogens is 352 g/mol. The summed E-state index contributed by atoms with van der Waals surface area (Å²) in [5, 5.41) is 8.54. The molecule has 6 heteroatoms. The molecule has 2 rings (SSSR count). The molecule has 28 heavy (non-hydrogen) atoms. The van der Waals surface area contributed by atoms with Crippen LogP contribution in [0.2, 0.25) is 0 Å². The fourth-order valence-corrected chi connectivity index (χ4v) is 3.73. The van der Waals surface area contributed by atoms with E-state index in [1.807, 2.05) is 0 Å². The second-order valence-electron chi connectivity index (χ2n) is 8.71. The fraction of sp³-hybridized carbons (Fsp3) is 0.818. The minimum Gasteiger partial charge on any atom is -0.273 e. The minimum absolute atomic E-state index is 0.00138. The summed E-state index contributed by atoms with van der Waals surface area (Å²) in [4.78, 5) is 23.7. The van der Waals surface area contributed by atoms with E-state index in [0.29, 0.717) is 12.8 Å². The Morgan fingerprint density at radius 2 is 1.07 bits per heavy atom. The van der Waals surface area contributed by atoms with E-state index in [4.69, 9.17) is 0 Å². The molecule has 0 aliphatic heterocycles. The Bertz CT molecular complexity index is 501. The zero-order chi connectivity index (χ0) is 20.2. The summed E-state index contributed by atoms with van der Waals surface area (Å²) in [5.74, 6) is 1.56. The minimum atomic E-state index is 0.00138. The summed E-state index contributed by atoms with van der Waals surface area (Å²) in [7, 11) is 0. The van der Waals surface area contributed by atoms with Crippen LogP contribution >= 0.6 is 0 Å². The van der Waals surface area contributed by atoms with Crippen molar-refractivity contribution in [1.82, 2.24) is 10.9 Å². The normalized spacial score (nSPS) is 22.5. The maximum Gasteiger partial charge on any atom is 0.240 e. The molecule has 2 aliphatic carbocycles. The van der Waals surface area contributed by atoms with E-state index in [2.05, 4.69) is 34.9 Å². The van der Waals surface area contributed by atoms with E-state index in [1.165, 1.54) is 25.7 Å². The molecule has 0 aromatic carbocycles. The maximum atomic E-state index is 11.8. The highest BCUT2D eigenvalue weighted by Gasteiger charge is 2.14. The van der Waals surface area contributed by atoms with Gasteiger partial charge in [0.25, 0.3) is 0 Å². The summed E-state index contributed by atoms with van der Waals surface area (Å²) in [6, 6.07) is 0. The SMILES string of the molecule is CC1CCC(=NNC(=O)CCCCCCC(=O)NN=C2CCC(C)CC2)CC1. The third-order valence-electron chi connectivity index (χ3n) is 5.94. The van der Waals surface area contributed by atoms with E-state index in [0.717, 1.165) is 74.6 Å². The third kappa shape index (κ3) is 9.47. The number of rotatable bonds is 9. The van der Waals surface area contributed by atoms with Gasteiger partial charge in [0, 0.05) is 24.3 Å². The molecule has 2 amide bonds. The number of hydrogen-bond acceptors (Lipinski definition) is 4. The van der Waals surface area contributed by atoms with Gasteiger partial charge in [-0.3, -0.25) is 9.59 Å². The van der Waals surface area contributed by atoms with Crippen molar-refractivity contribution >= 4 is 23.2 Å². The summed E-state index contributed by atoms with van der Waals surface area (Å²) in [5.41, 5.74) is 7.65. The van der Waals surface area contributed by atoms with Crippen molar-refractivity contribution in [2.45, 2.75) is 104 Å². The zero-order valence-electron chi connectivity index (χ0n) is 17.8. The van der Waals surface area contributed by atoms with Gasteiger partial charge in [0.2, 0.25) is 11.8 Å². The molecule has 2 saturated carbocycles.